The van der Waals surface area contributed by atoms with Crippen molar-refractivity contribution in [1.29, 1.82) is 0 Å². The Morgan fingerprint density at radius 1 is 1.41 bits per heavy atom. The zero-order valence-electron chi connectivity index (χ0n) is 10.0. The highest BCUT2D eigenvalue weighted by molar-refractivity contribution is 7.13. The van der Waals surface area contributed by atoms with E-state index in [9.17, 15) is 9.59 Å². The van der Waals surface area contributed by atoms with Crippen LogP contribution in [0.25, 0.3) is 0 Å². The van der Waals surface area contributed by atoms with Crippen molar-refractivity contribution in [3.8, 4) is 5.88 Å². The van der Waals surface area contributed by atoms with Crippen molar-refractivity contribution in [2.24, 2.45) is 0 Å². The Labute approximate surface area is 103 Å². The Kier molecular flexibility index (Phi) is 3.72. The molecule has 0 unspecified atom stereocenters. The minimum Gasteiger partial charge on any atom is -0.449 e. The van der Waals surface area contributed by atoms with Gasteiger partial charge in [-0.3, -0.25) is 4.79 Å². The molecule has 0 atom stereocenters. The highest BCUT2D eigenvalue weighted by Crippen LogP contribution is 2.25. The maximum atomic E-state index is 11.9. The van der Waals surface area contributed by atoms with Gasteiger partial charge in [0.05, 0.1) is 5.01 Å². The first-order valence-corrected chi connectivity index (χ1v) is 5.71. The van der Waals surface area contributed by atoms with Gasteiger partial charge in [-0.15, -0.1) is 11.3 Å². The summed E-state index contributed by atoms with van der Waals surface area (Å²) < 4.78 is 4.46. The summed E-state index contributed by atoms with van der Waals surface area (Å²) in [6.45, 7) is 7.16. The summed E-state index contributed by atoms with van der Waals surface area (Å²) in [7, 11) is 0. The highest BCUT2D eigenvalue weighted by atomic mass is 32.1. The maximum Gasteiger partial charge on any atom is 0.512 e. The summed E-state index contributed by atoms with van der Waals surface area (Å²) in [4.78, 5) is 26.3. The van der Waals surface area contributed by atoms with Gasteiger partial charge < -0.3 is 15.2 Å². The third-order valence-corrected chi connectivity index (χ3v) is 2.53. The number of aromatic nitrogens is 1. The molecule has 6 nitrogen and oxygen atoms in total. The number of aryl methyl sites for hydroxylation is 1. The van der Waals surface area contributed by atoms with E-state index in [2.05, 4.69) is 15.0 Å². The Balaban J connectivity index is 2.96. The molecule has 0 saturated heterocycles. The van der Waals surface area contributed by atoms with Crippen LogP contribution in [0.4, 0.5) is 4.79 Å². The molecule has 94 valence electrons. The van der Waals surface area contributed by atoms with Crippen LogP contribution < -0.4 is 10.1 Å². The van der Waals surface area contributed by atoms with Gasteiger partial charge in [0, 0.05) is 5.54 Å². The van der Waals surface area contributed by atoms with Gasteiger partial charge in [0.15, 0.2) is 4.88 Å². The van der Waals surface area contributed by atoms with Crippen LogP contribution in [0.2, 0.25) is 0 Å². The van der Waals surface area contributed by atoms with E-state index >= 15 is 0 Å². The lowest BCUT2D eigenvalue weighted by Gasteiger charge is -2.19. The Hall–Kier alpha value is -1.63. The second-order valence-corrected chi connectivity index (χ2v) is 5.64. The van der Waals surface area contributed by atoms with E-state index in [4.69, 9.17) is 5.11 Å². The fourth-order valence-corrected chi connectivity index (χ4v) is 1.84. The molecule has 7 heteroatoms. The summed E-state index contributed by atoms with van der Waals surface area (Å²) in [6, 6.07) is 0. The van der Waals surface area contributed by atoms with E-state index in [1.807, 2.05) is 20.8 Å². The van der Waals surface area contributed by atoms with Gasteiger partial charge in [0.25, 0.3) is 11.8 Å². The molecule has 0 aliphatic heterocycles. The van der Waals surface area contributed by atoms with Gasteiger partial charge in [0.1, 0.15) is 0 Å². The molecular formula is C10H14N2O4S. The van der Waals surface area contributed by atoms with Gasteiger partial charge in [-0.2, -0.15) is 0 Å². The molecule has 1 amide bonds. The van der Waals surface area contributed by atoms with Gasteiger partial charge in [0.2, 0.25) is 0 Å². The lowest BCUT2D eigenvalue weighted by atomic mass is 10.1. The van der Waals surface area contributed by atoms with Crippen molar-refractivity contribution in [3.05, 3.63) is 9.88 Å². The lowest BCUT2D eigenvalue weighted by molar-refractivity contribution is 0.0919. The molecule has 0 radical (unpaired) electrons. The van der Waals surface area contributed by atoms with Crippen LogP contribution >= 0.6 is 11.3 Å². The first-order valence-electron chi connectivity index (χ1n) is 4.90. The van der Waals surface area contributed by atoms with Gasteiger partial charge >= 0.3 is 6.16 Å². The SMILES string of the molecule is Cc1nc(OC(=O)O)c(C(=O)NC(C)(C)C)s1. The topological polar surface area (TPSA) is 88.5 Å². The minimum absolute atomic E-state index is 0.165. The summed E-state index contributed by atoms with van der Waals surface area (Å²) in [5, 5.41) is 11.8. The van der Waals surface area contributed by atoms with Crippen LogP contribution in [-0.4, -0.2) is 27.7 Å². The summed E-state index contributed by atoms with van der Waals surface area (Å²) in [5.41, 5.74) is -0.407. The molecule has 0 aliphatic carbocycles. The monoisotopic (exact) mass is 258 g/mol. The summed E-state index contributed by atoms with van der Waals surface area (Å²) in [5.74, 6) is -0.555. The average molecular weight is 258 g/mol. The maximum absolute atomic E-state index is 11.9. The first-order chi connectivity index (χ1) is 7.69. The molecule has 0 bridgehead atoms. The highest BCUT2D eigenvalue weighted by Gasteiger charge is 2.23. The fraction of sp³-hybridized carbons (Fsp3) is 0.500. The summed E-state index contributed by atoms with van der Waals surface area (Å²) >= 11 is 1.09. The minimum atomic E-state index is -1.49. The number of carboxylic acid groups (broad SMARTS) is 1. The van der Waals surface area contributed by atoms with E-state index in [1.54, 1.807) is 6.92 Å². The molecular weight excluding hydrogens is 244 g/mol. The van der Waals surface area contributed by atoms with Gasteiger partial charge in [-0.1, -0.05) is 0 Å². The van der Waals surface area contributed by atoms with E-state index in [0.717, 1.165) is 11.3 Å². The molecule has 0 aliphatic rings. The second kappa shape index (κ2) is 4.70. The smallest absolute Gasteiger partial charge is 0.449 e. The van der Waals surface area contributed by atoms with Crippen LogP contribution in [0.5, 0.6) is 5.88 Å². The predicted octanol–water partition coefficient (Wildman–Crippen LogP) is 2.04. The number of amides is 1. The van der Waals surface area contributed by atoms with Crippen molar-refractivity contribution < 1.29 is 19.4 Å². The number of thiazole rings is 1. The van der Waals surface area contributed by atoms with E-state index < -0.39 is 11.7 Å². The zero-order chi connectivity index (χ0) is 13.2. The number of nitrogens with zero attached hydrogens (tertiary/aromatic N) is 1. The largest absolute Gasteiger partial charge is 0.512 e. The fourth-order valence-electron chi connectivity index (χ4n) is 1.10. The zero-order valence-corrected chi connectivity index (χ0v) is 10.8. The van der Waals surface area contributed by atoms with Crippen molar-refractivity contribution in [2.75, 3.05) is 0 Å². The molecule has 0 saturated carbocycles. The normalized spacial score (nSPS) is 11.1. The Morgan fingerprint density at radius 3 is 2.47 bits per heavy atom. The van der Waals surface area contributed by atoms with Gasteiger partial charge in [-0.25, -0.2) is 9.78 Å². The van der Waals surface area contributed by atoms with Crippen LogP contribution in [0.3, 0.4) is 0 Å². The number of hydrogen-bond acceptors (Lipinski definition) is 5. The predicted molar refractivity (Wildman–Crippen MR) is 62.7 cm³/mol. The van der Waals surface area contributed by atoms with E-state index in [-0.39, 0.29) is 16.7 Å². The molecule has 1 rings (SSSR count). The molecule has 0 spiro atoms. The van der Waals surface area contributed by atoms with Crippen LogP contribution in [0.1, 0.15) is 35.5 Å². The first kappa shape index (κ1) is 13.4. The Bertz CT molecular complexity index is 448. The van der Waals surface area contributed by atoms with Crippen LogP contribution in [0.15, 0.2) is 0 Å². The Morgan fingerprint density at radius 2 is 2.00 bits per heavy atom. The number of ether oxygens (including phenoxy) is 1. The number of hydrogen-bond donors (Lipinski definition) is 2. The molecule has 0 fully saturated rings. The van der Waals surface area contributed by atoms with Gasteiger partial charge in [-0.05, 0) is 27.7 Å². The second-order valence-electron chi connectivity index (χ2n) is 4.44. The molecule has 2 N–H and O–H groups in total. The number of nitrogens with one attached hydrogen (secondary N) is 1. The van der Waals surface area contributed by atoms with E-state index in [0.29, 0.717) is 5.01 Å². The lowest BCUT2D eigenvalue weighted by Crippen LogP contribution is -2.40. The molecule has 0 aromatic carbocycles. The van der Waals surface area contributed by atoms with E-state index in [1.165, 1.54) is 0 Å². The van der Waals surface area contributed by atoms with Crippen molar-refractivity contribution in [2.45, 2.75) is 33.2 Å². The molecule has 1 heterocycles. The average Bonchev–Trinajstić information content (AvgIpc) is 2.42. The number of rotatable bonds is 2. The molecule has 1 aromatic rings. The third-order valence-electron chi connectivity index (χ3n) is 1.58. The van der Waals surface area contributed by atoms with Crippen molar-refractivity contribution in [3.63, 3.8) is 0 Å². The van der Waals surface area contributed by atoms with Crippen molar-refractivity contribution in [1.82, 2.24) is 10.3 Å². The number of carbonyl (C=O) groups is 2. The quantitative estimate of drug-likeness (QED) is 0.792. The number of carbonyl (C=O) groups excluding carboxylic acids is 1. The molecule has 1 aromatic heterocycles. The van der Waals surface area contributed by atoms with Crippen LogP contribution in [-0.2, 0) is 0 Å². The van der Waals surface area contributed by atoms with Crippen LogP contribution in [0, 0.1) is 6.92 Å². The standard InChI is InChI=1S/C10H14N2O4S/c1-5-11-8(16-9(14)15)6(17-5)7(13)12-10(2,3)4/h1-4H3,(H,12,13)(H,14,15). The van der Waals surface area contributed by atoms with Crippen molar-refractivity contribution >= 4 is 23.4 Å². The third kappa shape index (κ3) is 4.03. The summed E-state index contributed by atoms with van der Waals surface area (Å²) in [6.07, 6.45) is -1.49. The molecule has 17 heavy (non-hydrogen) atoms.